The minimum atomic E-state index is 0.0202. The van der Waals surface area contributed by atoms with E-state index in [2.05, 4.69) is 0 Å². The number of morpholine rings is 1. The van der Waals surface area contributed by atoms with E-state index in [4.69, 9.17) is 9.84 Å². The Morgan fingerprint density at radius 3 is 2.23 bits per heavy atom. The Bertz CT molecular complexity index is 898. The second-order valence-corrected chi connectivity index (χ2v) is 6.33. The van der Waals surface area contributed by atoms with Crippen LogP contribution in [0.5, 0.6) is 0 Å². The average Bonchev–Trinajstić information content (AvgIpc) is 3.06. The molecule has 5 heteroatoms. The van der Waals surface area contributed by atoms with E-state index in [9.17, 15) is 4.79 Å². The summed E-state index contributed by atoms with van der Waals surface area (Å²) in [7, 11) is 0. The van der Waals surface area contributed by atoms with Crippen molar-refractivity contribution in [3.63, 3.8) is 0 Å². The number of hydrogen-bond acceptors (Lipinski definition) is 3. The Hall–Kier alpha value is -2.92. The number of rotatable bonds is 3. The summed E-state index contributed by atoms with van der Waals surface area (Å²) in [6.07, 6.45) is 0. The summed E-state index contributed by atoms with van der Waals surface area (Å²) >= 11 is 0. The fourth-order valence-corrected chi connectivity index (χ4v) is 3.30. The highest BCUT2D eigenvalue weighted by molar-refractivity contribution is 6.01. The minimum Gasteiger partial charge on any atom is -0.378 e. The molecule has 0 unspecified atom stereocenters. The minimum absolute atomic E-state index is 0.0202. The van der Waals surface area contributed by atoms with Crippen LogP contribution in [0, 0.1) is 6.92 Å². The number of carbonyl (C=O) groups excluding carboxylic acids is 1. The van der Waals surface area contributed by atoms with Crippen LogP contribution in [0.25, 0.3) is 16.9 Å². The molecule has 1 saturated heterocycles. The quantitative estimate of drug-likeness (QED) is 0.730. The summed E-state index contributed by atoms with van der Waals surface area (Å²) in [5.41, 5.74) is 4.14. The van der Waals surface area contributed by atoms with E-state index in [0.717, 1.165) is 22.6 Å². The van der Waals surface area contributed by atoms with Crippen LogP contribution in [0.3, 0.4) is 0 Å². The molecule has 1 aliphatic heterocycles. The van der Waals surface area contributed by atoms with Crippen LogP contribution in [-0.4, -0.2) is 46.9 Å². The van der Waals surface area contributed by atoms with E-state index in [1.54, 1.807) is 0 Å². The predicted molar refractivity (Wildman–Crippen MR) is 100 cm³/mol. The van der Waals surface area contributed by atoms with E-state index in [-0.39, 0.29) is 5.91 Å². The number of carbonyl (C=O) groups is 1. The molecule has 5 nitrogen and oxygen atoms in total. The van der Waals surface area contributed by atoms with Gasteiger partial charge in [-0.1, -0.05) is 48.5 Å². The molecular formula is C21H21N3O2. The maximum atomic E-state index is 13.3. The third kappa shape index (κ3) is 3.02. The number of nitrogens with zero attached hydrogens (tertiary/aromatic N) is 3. The highest BCUT2D eigenvalue weighted by Gasteiger charge is 2.27. The van der Waals surface area contributed by atoms with Gasteiger partial charge in [-0.3, -0.25) is 4.79 Å². The summed E-state index contributed by atoms with van der Waals surface area (Å²) in [5, 5.41) is 4.80. The van der Waals surface area contributed by atoms with Gasteiger partial charge in [-0.15, -0.1) is 0 Å². The number of amides is 1. The van der Waals surface area contributed by atoms with Crippen molar-refractivity contribution in [3.05, 3.63) is 71.9 Å². The van der Waals surface area contributed by atoms with E-state index >= 15 is 0 Å². The lowest BCUT2D eigenvalue weighted by Gasteiger charge is -2.27. The van der Waals surface area contributed by atoms with Crippen LogP contribution >= 0.6 is 0 Å². The second kappa shape index (κ2) is 7.14. The van der Waals surface area contributed by atoms with Gasteiger partial charge in [0.15, 0.2) is 0 Å². The molecule has 3 aromatic rings. The Morgan fingerprint density at radius 2 is 1.58 bits per heavy atom. The van der Waals surface area contributed by atoms with Crippen molar-refractivity contribution in [2.45, 2.75) is 6.92 Å². The fourth-order valence-electron chi connectivity index (χ4n) is 3.30. The lowest BCUT2D eigenvalue weighted by atomic mass is 10.0. The zero-order valence-corrected chi connectivity index (χ0v) is 14.8. The first kappa shape index (κ1) is 16.5. The van der Waals surface area contributed by atoms with E-state index < -0.39 is 0 Å². The largest absolute Gasteiger partial charge is 0.378 e. The summed E-state index contributed by atoms with van der Waals surface area (Å²) in [6.45, 7) is 4.35. The molecule has 4 rings (SSSR count). The fraction of sp³-hybridized carbons (Fsp3) is 0.238. The van der Waals surface area contributed by atoms with Crippen LogP contribution in [0.4, 0.5) is 0 Å². The molecule has 0 aliphatic carbocycles. The number of aromatic nitrogens is 2. The van der Waals surface area contributed by atoms with Crippen LogP contribution < -0.4 is 0 Å². The molecule has 132 valence electrons. The highest BCUT2D eigenvalue weighted by atomic mass is 16.5. The van der Waals surface area contributed by atoms with Gasteiger partial charge in [0.05, 0.1) is 30.2 Å². The van der Waals surface area contributed by atoms with Gasteiger partial charge in [0.2, 0.25) is 0 Å². The zero-order valence-electron chi connectivity index (χ0n) is 14.8. The van der Waals surface area contributed by atoms with Gasteiger partial charge in [-0.25, -0.2) is 4.68 Å². The van der Waals surface area contributed by atoms with E-state index in [1.165, 1.54) is 0 Å². The van der Waals surface area contributed by atoms with Crippen LogP contribution in [-0.2, 0) is 4.74 Å². The van der Waals surface area contributed by atoms with Gasteiger partial charge >= 0.3 is 0 Å². The van der Waals surface area contributed by atoms with Crippen molar-refractivity contribution in [3.8, 4) is 16.9 Å². The first-order valence-corrected chi connectivity index (χ1v) is 8.83. The molecule has 1 aromatic heterocycles. The number of hydrogen-bond donors (Lipinski definition) is 0. The Morgan fingerprint density at radius 1 is 0.962 bits per heavy atom. The number of benzene rings is 2. The zero-order chi connectivity index (χ0) is 17.9. The summed E-state index contributed by atoms with van der Waals surface area (Å²) < 4.78 is 7.25. The first-order chi connectivity index (χ1) is 12.8. The maximum Gasteiger partial charge on any atom is 0.258 e. The number of ether oxygens (including phenoxy) is 1. The molecule has 2 heterocycles. The average molecular weight is 347 g/mol. The van der Waals surface area contributed by atoms with E-state index in [1.807, 2.05) is 77.2 Å². The monoisotopic (exact) mass is 347 g/mol. The van der Waals surface area contributed by atoms with Gasteiger partial charge in [0, 0.05) is 18.7 Å². The smallest absolute Gasteiger partial charge is 0.258 e. The van der Waals surface area contributed by atoms with Gasteiger partial charge < -0.3 is 9.64 Å². The van der Waals surface area contributed by atoms with Gasteiger partial charge in [0.1, 0.15) is 5.69 Å². The van der Waals surface area contributed by atoms with Crippen molar-refractivity contribution in [2.24, 2.45) is 0 Å². The van der Waals surface area contributed by atoms with Gasteiger partial charge in [-0.2, -0.15) is 5.10 Å². The summed E-state index contributed by atoms with van der Waals surface area (Å²) in [5.74, 6) is 0.0202. The van der Waals surface area contributed by atoms with Crippen molar-refractivity contribution >= 4 is 5.91 Å². The molecule has 1 fully saturated rings. The molecule has 1 aliphatic rings. The normalized spacial score (nSPS) is 14.4. The topological polar surface area (TPSA) is 47.4 Å². The van der Waals surface area contributed by atoms with Crippen LogP contribution in [0.2, 0.25) is 0 Å². The van der Waals surface area contributed by atoms with Crippen molar-refractivity contribution in [1.29, 1.82) is 0 Å². The Kier molecular flexibility index (Phi) is 4.54. The molecule has 0 N–H and O–H groups in total. The molecule has 0 bridgehead atoms. The second-order valence-electron chi connectivity index (χ2n) is 6.33. The van der Waals surface area contributed by atoms with Crippen molar-refractivity contribution in [2.75, 3.05) is 26.3 Å². The number of para-hydroxylation sites is 1. The Balaban J connectivity index is 1.85. The lowest BCUT2D eigenvalue weighted by molar-refractivity contribution is 0.0303. The van der Waals surface area contributed by atoms with Crippen LogP contribution in [0.15, 0.2) is 60.7 Å². The van der Waals surface area contributed by atoms with Gasteiger partial charge in [-0.05, 0) is 19.1 Å². The SMILES string of the molecule is Cc1c(C(=O)N2CCOCC2)c(-c2ccccc2)nn1-c1ccccc1. The molecular weight excluding hydrogens is 326 g/mol. The molecule has 0 saturated carbocycles. The molecule has 0 radical (unpaired) electrons. The molecule has 2 aromatic carbocycles. The van der Waals surface area contributed by atoms with Crippen molar-refractivity contribution < 1.29 is 9.53 Å². The Labute approximate surface area is 152 Å². The molecule has 0 atom stereocenters. The van der Waals surface area contributed by atoms with E-state index in [0.29, 0.717) is 31.9 Å². The summed E-state index contributed by atoms with van der Waals surface area (Å²) in [6, 6.07) is 19.8. The first-order valence-electron chi connectivity index (χ1n) is 8.83. The molecule has 1 amide bonds. The predicted octanol–water partition coefficient (Wildman–Crippen LogP) is 3.32. The standard InChI is InChI=1S/C21H21N3O2/c1-16-19(21(25)23-12-14-26-15-13-23)20(17-8-4-2-5-9-17)22-24(16)18-10-6-3-7-11-18/h2-11H,12-15H2,1H3. The molecule has 0 spiro atoms. The molecule has 26 heavy (non-hydrogen) atoms. The van der Waals surface area contributed by atoms with Gasteiger partial charge in [0.25, 0.3) is 5.91 Å². The summed E-state index contributed by atoms with van der Waals surface area (Å²) in [4.78, 5) is 15.1. The van der Waals surface area contributed by atoms with Crippen molar-refractivity contribution in [1.82, 2.24) is 14.7 Å². The third-order valence-corrected chi connectivity index (χ3v) is 4.68. The highest BCUT2D eigenvalue weighted by Crippen LogP contribution is 2.28. The maximum absolute atomic E-state index is 13.3. The lowest BCUT2D eigenvalue weighted by Crippen LogP contribution is -2.41. The van der Waals surface area contributed by atoms with Crippen LogP contribution in [0.1, 0.15) is 16.1 Å². The third-order valence-electron chi connectivity index (χ3n) is 4.68.